The topological polar surface area (TPSA) is 66.5 Å². The second kappa shape index (κ2) is 7.60. The summed E-state index contributed by atoms with van der Waals surface area (Å²) >= 11 is 0. The Morgan fingerprint density at radius 3 is 2.58 bits per heavy atom. The van der Waals surface area contributed by atoms with E-state index in [1.165, 1.54) is 6.92 Å². The number of hydrogen-bond acceptors (Lipinski definition) is 3. The van der Waals surface area contributed by atoms with Crippen LogP contribution in [0.2, 0.25) is 0 Å². The number of rotatable bonds is 6. The molecule has 1 N–H and O–H groups in total. The maximum atomic E-state index is 12.8. The number of amides is 1. The minimum atomic E-state index is -3.60. The summed E-state index contributed by atoms with van der Waals surface area (Å²) in [7, 11) is -3.60. The van der Waals surface area contributed by atoms with Gasteiger partial charge < -0.3 is 4.90 Å². The standard InChI is InChI=1S/C20H24N2O3S/c1-3-18(13-16-7-5-4-6-8-16)21-26(24,25)19-9-10-20-17(14-19)11-12-22(20)15(2)23/h4-10,14,18,21H,3,11-13H2,1-2H3/t18-/m0/s1. The number of benzene rings is 2. The van der Waals surface area contributed by atoms with E-state index in [9.17, 15) is 13.2 Å². The Bertz CT molecular complexity index is 895. The van der Waals surface area contributed by atoms with Gasteiger partial charge in [0.2, 0.25) is 15.9 Å². The van der Waals surface area contributed by atoms with Crippen molar-refractivity contribution in [2.45, 2.75) is 44.0 Å². The van der Waals surface area contributed by atoms with Crippen molar-refractivity contribution in [3.8, 4) is 0 Å². The van der Waals surface area contributed by atoms with Crippen LogP contribution in [0.15, 0.2) is 53.4 Å². The molecule has 1 amide bonds. The molecule has 0 aromatic heterocycles. The molecule has 5 nitrogen and oxygen atoms in total. The van der Waals surface area contributed by atoms with Crippen molar-refractivity contribution in [3.63, 3.8) is 0 Å². The van der Waals surface area contributed by atoms with Gasteiger partial charge in [-0.15, -0.1) is 0 Å². The molecule has 0 saturated heterocycles. The van der Waals surface area contributed by atoms with Crippen molar-refractivity contribution in [1.82, 2.24) is 4.72 Å². The van der Waals surface area contributed by atoms with Crippen molar-refractivity contribution in [2.75, 3.05) is 11.4 Å². The van der Waals surface area contributed by atoms with Crippen LogP contribution in [0.25, 0.3) is 0 Å². The highest BCUT2D eigenvalue weighted by molar-refractivity contribution is 7.89. The summed E-state index contributed by atoms with van der Waals surface area (Å²) in [5.74, 6) is -0.0219. The molecule has 2 aromatic rings. The molecule has 2 aromatic carbocycles. The van der Waals surface area contributed by atoms with Gasteiger partial charge in [-0.3, -0.25) is 4.79 Å². The van der Waals surface area contributed by atoms with Crippen LogP contribution < -0.4 is 9.62 Å². The van der Waals surface area contributed by atoms with Gasteiger partial charge in [0.05, 0.1) is 4.90 Å². The van der Waals surface area contributed by atoms with Crippen LogP contribution in [0.3, 0.4) is 0 Å². The number of nitrogens with zero attached hydrogens (tertiary/aromatic N) is 1. The first-order valence-corrected chi connectivity index (χ1v) is 10.4. The van der Waals surface area contributed by atoms with Gasteiger partial charge in [-0.2, -0.15) is 0 Å². The predicted molar refractivity (Wildman–Crippen MR) is 103 cm³/mol. The molecule has 0 aliphatic carbocycles. The molecule has 0 bridgehead atoms. The lowest BCUT2D eigenvalue weighted by Gasteiger charge is -2.18. The molecule has 6 heteroatoms. The smallest absolute Gasteiger partial charge is 0.240 e. The Balaban J connectivity index is 1.78. The van der Waals surface area contributed by atoms with E-state index in [0.717, 1.165) is 16.8 Å². The molecule has 1 heterocycles. The highest BCUT2D eigenvalue weighted by Gasteiger charge is 2.25. The summed E-state index contributed by atoms with van der Waals surface area (Å²) in [6, 6.07) is 14.7. The van der Waals surface area contributed by atoms with Crippen LogP contribution in [0, 0.1) is 0 Å². The van der Waals surface area contributed by atoms with E-state index >= 15 is 0 Å². The Hall–Kier alpha value is -2.18. The lowest BCUT2D eigenvalue weighted by Crippen LogP contribution is -2.36. The molecule has 0 radical (unpaired) electrons. The van der Waals surface area contributed by atoms with Crippen LogP contribution in [0.1, 0.15) is 31.4 Å². The SMILES string of the molecule is CC[C@@H](Cc1ccccc1)NS(=O)(=O)c1ccc2c(c1)CCN2C(C)=O. The maximum Gasteiger partial charge on any atom is 0.240 e. The lowest BCUT2D eigenvalue weighted by atomic mass is 10.1. The minimum Gasteiger partial charge on any atom is -0.312 e. The second-order valence-corrected chi connectivity index (χ2v) is 8.34. The van der Waals surface area contributed by atoms with Gasteiger partial charge in [0, 0.05) is 25.2 Å². The zero-order chi connectivity index (χ0) is 18.7. The molecule has 0 fully saturated rings. The van der Waals surface area contributed by atoms with E-state index in [-0.39, 0.29) is 16.8 Å². The van der Waals surface area contributed by atoms with Gasteiger partial charge in [0.15, 0.2) is 0 Å². The van der Waals surface area contributed by atoms with E-state index in [0.29, 0.717) is 25.8 Å². The van der Waals surface area contributed by atoms with Crippen LogP contribution in [0.5, 0.6) is 0 Å². The number of hydrogen-bond donors (Lipinski definition) is 1. The fourth-order valence-electron chi connectivity index (χ4n) is 3.33. The molecule has 1 atom stereocenters. The number of nitrogens with one attached hydrogen (secondary N) is 1. The average Bonchev–Trinajstić information content (AvgIpc) is 3.05. The Morgan fingerprint density at radius 2 is 1.92 bits per heavy atom. The number of anilines is 1. The molecule has 1 aliphatic rings. The van der Waals surface area contributed by atoms with Crippen molar-refractivity contribution in [3.05, 3.63) is 59.7 Å². The van der Waals surface area contributed by atoms with Gasteiger partial charge >= 0.3 is 0 Å². The zero-order valence-corrected chi connectivity index (χ0v) is 15.9. The van der Waals surface area contributed by atoms with Crippen molar-refractivity contribution in [1.29, 1.82) is 0 Å². The van der Waals surface area contributed by atoms with E-state index in [4.69, 9.17) is 0 Å². The summed E-state index contributed by atoms with van der Waals surface area (Å²) in [4.78, 5) is 13.6. The van der Waals surface area contributed by atoms with Crippen LogP contribution in [-0.2, 0) is 27.7 Å². The van der Waals surface area contributed by atoms with E-state index < -0.39 is 10.0 Å². The number of fused-ring (bicyclic) bond motifs is 1. The highest BCUT2D eigenvalue weighted by Crippen LogP contribution is 2.30. The first-order chi connectivity index (χ1) is 12.4. The third-order valence-corrected chi connectivity index (χ3v) is 6.29. The van der Waals surface area contributed by atoms with Gasteiger partial charge in [0.1, 0.15) is 0 Å². The summed E-state index contributed by atoms with van der Waals surface area (Å²) in [5.41, 5.74) is 2.82. The third-order valence-electron chi connectivity index (χ3n) is 4.78. The normalized spacial score (nSPS) is 14.9. The Morgan fingerprint density at radius 1 is 1.19 bits per heavy atom. The van der Waals surface area contributed by atoms with Crippen molar-refractivity contribution in [2.24, 2.45) is 0 Å². The maximum absolute atomic E-state index is 12.8. The number of carbonyl (C=O) groups is 1. The fraction of sp³-hybridized carbons (Fsp3) is 0.350. The predicted octanol–water partition coefficient (Wildman–Crippen LogP) is 2.90. The quantitative estimate of drug-likeness (QED) is 0.848. The van der Waals surface area contributed by atoms with Gasteiger partial charge in [-0.25, -0.2) is 13.1 Å². The molecule has 26 heavy (non-hydrogen) atoms. The molecular weight excluding hydrogens is 348 g/mol. The lowest BCUT2D eigenvalue weighted by molar-refractivity contribution is -0.116. The van der Waals surface area contributed by atoms with Crippen molar-refractivity contribution < 1.29 is 13.2 Å². The third kappa shape index (κ3) is 3.97. The van der Waals surface area contributed by atoms with Gasteiger partial charge in [-0.05, 0) is 48.6 Å². The van der Waals surface area contributed by atoms with Gasteiger partial charge in [0.25, 0.3) is 0 Å². The molecule has 3 rings (SSSR count). The highest BCUT2D eigenvalue weighted by atomic mass is 32.2. The van der Waals surface area contributed by atoms with Crippen molar-refractivity contribution >= 4 is 21.6 Å². The van der Waals surface area contributed by atoms with E-state index in [1.807, 2.05) is 37.3 Å². The second-order valence-electron chi connectivity index (χ2n) is 6.63. The summed E-state index contributed by atoms with van der Waals surface area (Å²) in [6.07, 6.45) is 2.04. The fourth-order valence-corrected chi connectivity index (χ4v) is 4.70. The largest absolute Gasteiger partial charge is 0.312 e. The molecule has 0 unspecified atom stereocenters. The summed E-state index contributed by atoms with van der Waals surface area (Å²) in [6.45, 7) is 4.10. The van der Waals surface area contributed by atoms with E-state index in [1.54, 1.807) is 23.1 Å². The van der Waals surface area contributed by atoms with E-state index in [2.05, 4.69) is 4.72 Å². The molecule has 0 saturated carbocycles. The molecular formula is C20H24N2O3S. The molecule has 1 aliphatic heterocycles. The monoisotopic (exact) mass is 372 g/mol. The van der Waals surface area contributed by atoms with Crippen LogP contribution >= 0.6 is 0 Å². The average molecular weight is 372 g/mol. The first kappa shape index (κ1) is 18.6. The van der Waals surface area contributed by atoms with Gasteiger partial charge in [-0.1, -0.05) is 37.3 Å². The Kier molecular flexibility index (Phi) is 5.44. The minimum absolute atomic E-state index is 0.0219. The first-order valence-electron chi connectivity index (χ1n) is 8.88. The van der Waals surface area contributed by atoms with Crippen LogP contribution in [0.4, 0.5) is 5.69 Å². The summed E-state index contributed by atoms with van der Waals surface area (Å²) in [5, 5.41) is 0. The van der Waals surface area contributed by atoms with Crippen LogP contribution in [-0.4, -0.2) is 26.9 Å². The number of sulfonamides is 1. The zero-order valence-electron chi connectivity index (χ0n) is 15.1. The molecule has 0 spiro atoms. The number of carbonyl (C=O) groups excluding carboxylic acids is 1. The molecule has 138 valence electrons. The Labute approximate surface area is 155 Å². The summed E-state index contributed by atoms with van der Waals surface area (Å²) < 4.78 is 28.5.